The number of Topliss-reactive ketones (excluding diaryl/α,β-unsaturated/α-hetero) is 1. The molecule has 0 aromatic heterocycles. The van der Waals surface area contributed by atoms with Gasteiger partial charge < -0.3 is 19.7 Å². The minimum Gasteiger partial charge on any atom is -0.508 e. The van der Waals surface area contributed by atoms with Crippen molar-refractivity contribution in [2.24, 2.45) is 0 Å². The lowest BCUT2D eigenvalue weighted by atomic mass is 10.0. The number of nitrogens with one attached hydrogen (secondary N) is 1. The number of hydrogen-bond donors (Lipinski definition) is 3. The van der Waals surface area contributed by atoms with Crippen molar-refractivity contribution in [1.82, 2.24) is 0 Å². The molecule has 0 saturated heterocycles. The first-order valence-corrected chi connectivity index (χ1v) is 9.04. The molecule has 3 N–H and O–H groups in total. The Labute approximate surface area is 163 Å². The van der Waals surface area contributed by atoms with E-state index in [1.54, 1.807) is 36.4 Å². The number of phenolic OH excluding ortho intramolecular Hbond substituents is 1. The average molecular weight is 387 g/mol. The quantitative estimate of drug-likeness (QED) is 0.567. The summed E-state index contributed by atoms with van der Waals surface area (Å²) in [5.41, 5.74) is 1.65. The lowest BCUT2D eigenvalue weighted by Crippen LogP contribution is -2.29. The van der Waals surface area contributed by atoms with E-state index in [-0.39, 0.29) is 24.6 Å². The third-order valence-corrected chi connectivity index (χ3v) is 4.13. The second-order valence-electron chi connectivity index (χ2n) is 6.18. The number of aromatic hydroxyl groups is 1. The summed E-state index contributed by atoms with van der Waals surface area (Å²) in [6.45, 7) is 3.54. The van der Waals surface area contributed by atoms with Gasteiger partial charge in [-0.2, -0.15) is 0 Å². The van der Waals surface area contributed by atoms with Gasteiger partial charge in [-0.25, -0.2) is 4.79 Å². The zero-order chi connectivity index (χ0) is 20.5. The van der Waals surface area contributed by atoms with Crippen LogP contribution in [0.4, 0.5) is 10.5 Å². The number of carbonyl (C=O) groups is 2. The minimum atomic E-state index is -0.774. The summed E-state index contributed by atoms with van der Waals surface area (Å²) < 4.78 is 11.2. The van der Waals surface area contributed by atoms with Crippen LogP contribution in [0.5, 0.6) is 5.75 Å². The summed E-state index contributed by atoms with van der Waals surface area (Å²) in [5, 5.41) is 21.5. The maximum absolute atomic E-state index is 12.4. The monoisotopic (exact) mass is 387 g/mol. The molecule has 0 spiro atoms. The summed E-state index contributed by atoms with van der Waals surface area (Å²) in [6.07, 6.45) is -1.74. The minimum absolute atomic E-state index is 0.0647. The largest absolute Gasteiger partial charge is 0.508 e. The average Bonchev–Trinajstić information content (AvgIpc) is 2.67. The van der Waals surface area contributed by atoms with Crippen LogP contribution in [-0.2, 0) is 9.47 Å². The fourth-order valence-corrected chi connectivity index (χ4v) is 2.74. The van der Waals surface area contributed by atoms with Crippen LogP contribution in [-0.4, -0.2) is 41.4 Å². The lowest BCUT2D eigenvalue weighted by Gasteiger charge is -2.27. The van der Waals surface area contributed by atoms with E-state index in [1.165, 1.54) is 19.1 Å². The number of hydrogen-bond acceptors (Lipinski definition) is 6. The Kier molecular flexibility index (Phi) is 7.98. The van der Waals surface area contributed by atoms with Gasteiger partial charge in [0.05, 0.1) is 0 Å². The predicted octanol–water partition coefficient (Wildman–Crippen LogP) is 3.67. The zero-order valence-electron chi connectivity index (χ0n) is 15.9. The lowest BCUT2D eigenvalue weighted by molar-refractivity contribution is -0.0484. The number of ketones is 1. The predicted molar refractivity (Wildman–Crippen MR) is 105 cm³/mol. The van der Waals surface area contributed by atoms with E-state index < -0.39 is 18.3 Å². The number of benzene rings is 2. The van der Waals surface area contributed by atoms with Crippen LogP contribution in [0.15, 0.2) is 48.5 Å². The van der Waals surface area contributed by atoms with Crippen molar-refractivity contribution >= 4 is 17.6 Å². The van der Waals surface area contributed by atoms with E-state index >= 15 is 0 Å². The van der Waals surface area contributed by atoms with Crippen LogP contribution in [0.25, 0.3) is 0 Å². The van der Waals surface area contributed by atoms with Crippen LogP contribution in [0.3, 0.4) is 0 Å². The van der Waals surface area contributed by atoms with Gasteiger partial charge >= 0.3 is 6.09 Å². The number of aliphatic hydroxyl groups excluding tert-OH is 1. The van der Waals surface area contributed by atoms with Crippen molar-refractivity contribution in [3.05, 3.63) is 59.7 Å². The van der Waals surface area contributed by atoms with E-state index in [2.05, 4.69) is 5.32 Å². The van der Waals surface area contributed by atoms with Gasteiger partial charge in [0.1, 0.15) is 11.9 Å². The standard InChI is InChI=1S/C21H25NO6/c1-3-27-19(12-13-23)20(16-6-10-18(25)11-7-16)28-21(26)22-17-8-4-15(5-9-17)14(2)24/h4-11,19-20,23,25H,3,12-13H2,1-2H3,(H,22,26)/t19-,20-/m0/s1. The molecule has 0 saturated carbocycles. The van der Waals surface area contributed by atoms with Gasteiger partial charge in [0.25, 0.3) is 0 Å². The molecule has 0 radical (unpaired) electrons. The van der Waals surface area contributed by atoms with Crippen LogP contribution >= 0.6 is 0 Å². The van der Waals surface area contributed by atoms with Gasteiger partial charge in [0.15, 0.2) is 11.9 Å². The van der Waals surface area contributed by atoms with E-state index in [0.717, 1.165) is 0 Å². The molecule has 150 valence electrons. The molecular weight excluding hydrogens is 362 g/mol. The van der Waals surface area contributed by atoms with Gasteiger partial charge in [-0.05, 0) is 55.8 Å². The SMILES string of the molecule is CCO[C@@H](CCO)[C@@H](OC(=O)Nc1ccc(C(C)=O)cc1)c1ccc(O)cc1. The van der Waals surface area contributed by atoms with Crippen LogP contribution in [0, 0.1) is 0 Å². The second-order valence-corrected chi connectivity index (χ2v) is 6.18. The van der Waals surface area contributed by atoms with Crippen molar-refractivity contribution in [3.8, 4) is 5.75 Å². The van der Waals surface area contributed by atoms with E-state index in [9.17, 15) is 19.8 Å². The fourth-order valence-electron chi connectivity index (χ4n) is 2.74. The maximum Gasteiger partial charge on any atom is 0.412 e. The Bertz CT molecular complexity index is 766. The second kappa shape index (κ2) is 10.4. The topological polar surface area (TPSA) is 105 Å². The molecule has 28 heavy (non-hydrogen) atoms. The summed E-state index contributed by atoms with van der Waals surface area (Å²) in [4.78, 5) is 23.8. The summed E-state index contributed by atoms with van der Waals surface area (Å²) in [6, 6.07) is 12.7. The normalized spacial score (nSPS) is 12.8. The first kappa shape index (κ1) is 21.4. The Balaban J connectivity index is 2.16. The molecular formula is C21H25NO6. The first-order chi connectivity index (χ1) is 13.4. The molecule has 0 fully saturated rings. The number of aliphatic hydroxyl groups is 1. The number of carbonyl (C=O) groups excluding carboxylic acids is 2. The van der Waals surface area contributed by atoms with Crippen molar-refractivity contribution in [2.75, 3.05) is 18.5 Å². The molecule has 7 nitrogen and oxygen atoms in total. The van der Waals surface area contributed by atoms with E-state index in [4.69, 9.17) is 9.47 Å². The number of amides is 1. The number of rotatable bonds is 9. The molecule has 0 bridgehead atoms. The van der Waals surface area contributed by atoms with Crippen LogP contribution in [0.2, 0.25) is 0 Å². The smallest absolute Gasteiger partial charge is 0.412 e. The molecule has 2 aromatic rings. The molecule has 2 atom stereocenters. The van der Waals surface area contributed by atoms with Gasteiger partial charge in [0, 0.05) is 30.9 Å². The van der Waals surface area contributed by atoms with Crippen molar-refractivity contribution < 1.29 is 29.3 Å². The summed E-state index contributed by atoms with van der Waals surface area (Å²) in [5.74, 6) is 0.0257. The number of phenols is 1. The highest BCUT2D eigenvalue weighted by Crippen LogP contribution is 2.28. The van der Waals surface area contributed by atoms with E-state index in [1.807, 2.05) is 6.92 Å². The highest BCUT2D eigenvalue weighted by molar-refractivity contribution is 5.94. The molecule has 2 aromatic carbocycles. The van der Waals surface area contributed by atoms with E-state index in [0.29, 0.717) is 23.4 Å². The highest BCUT2D eigenvalue weighted by atomic mass is 16.6. The van der Waals surface area contributed by atoms with Gasteiger partial charge in [-0.1, -0.05) is 12.1 Å². The third kappa shape index (κ3) is 6.07. The zero-order valence-corrected chi connectivity index (χ0v) is 15.9. The maximum atomic E-state index is 12.4. The molecule has 2 rings (SSSR count). The number of ether oxygens (including phenoxy) is 2. The Hall–Kier alpha value is -2.90. The summed E-state index contributed by atoms with van der Waals surface area (Å²) in [7, 11) is 0. The highest BCUT2D eigenvalue weighted by Gasteiger charge is 2.27. The Morgan fingerprint density at radius 3 is 2.25 bits per heavy atom. The van der Waals surface area contributed by atoms with Crippen molar-refractivity contribution in [2.45, 2.75) is 32.5 Å². The van der Waals surface area contributed by atoms with Gasteiger partial charge in [-0.3, -0.25) is 10.1 Å². The number of anilines is 1. The fraction of sp³-hybridized carbons (Fsp3) is 0.333. The Morgan fingerprint density at radius 2 is 1.71 bits per heavy atom. The molecule has 0 heterocycles. The van der Waals surface area contributed by atoms with Gasteiger partial charge in [-0.15, -0.1) is 0 Å². The first-order valence-electron chi connectivity index (χ1n) is 9.04. The molecule has 0 unspecified atom stereocenters. The molecule has 0 aliphatic heterocycles. The third-order valence-electron chi connectivity index (χ3n) is 4.13. The Morgan fingerprint density at radius 1 is 1.07 bits per heavy atom. The molecule has 7 heteroatoms. The van der Waals surface area contributed by atoms with Crippen LogP contribution in [0.1, 0.15) is 42.3 Å². The molecule has 0 aliphatic rings. The van der Waals surface area contributed by atoms with Crippen molar-refractivity contribution in [1.29, 1.82) is 0 Å². The van der Waals surface area contributed by atoms with Crippen molar-refractivity contribution in [3.63, 3.8) is 0 Å². The molecule has 1 amide bonds. The summed E-state index contributed by atoms with van der Waals surface area (Å²) >= 11 is 0. The molecule has 0 aliphatic carbocycles. The van der Waals surface area contributed by atoms with Crippen LogP contribution < -0.4 is 5.32 Å². The van der Waals surface area contributed by atoms with Gasteiger partial charge in [0.2, 0.25) is 0 Å².